The molecule has 2 amide bonds. The van der Waals surface area contributed by atoms with Gasteiger partial charge in [0.15, 0.2) is 0 Å². The zero-order valence-electron chi connectivity index (χ0n) is 15.0. The van der Waals surface area contributed by atoms with Gasteiger partial charge in [0.25, 0.3) is 0 Å². The van der Waals surface area contributed by atoms with E-state index in [4.69, 9.17) is 4.74 Å². The first-order valence-corrected chi connectivity index (χ1v) is 8.95. The Morgan fingerprint density at radius 2 is 1.38 bits per heavy atom. The number of carbonyl (C=O) groups is 2. The van der Waals surface area contributed by atoms with Crippen molar-refractivity contribution in [2.75, 3.05) is 19.7 Å². The summed E-state index contributed by atoms with van der Waals surface area (Å²) in [6.07, 6.45) is 0. The first-order chi connectivity index (χ1) is 12.7. The van der Waals surface area contributed by atoms with Crippen molar-refractivity contribution in [2.45, 2.75) is 20.0 Å². The molecule has 0 aromatic heterocycles. The van der Waals surface area contributed by atoms with E-state index in [1.165, 1.54) is 0 Å². The molecule has 2 aromatic carbocycles. The molecule has 5 heteroatoms. The molecule has 136 valence electrons. The van der Waals surface area contributed by atoms with E-state index in [2.05, 4.69) is 0 Å². The van der Waals surface area contributed by atoms with E-state index in [0.29, 0.717) is 32.8 Å². The Kier molecular flexibility index (Phi) is 5.89. The zero-order chi connectivity index (χ0) is 18.4. The summed E-state index contributed by atoms with van der Waals surface area (Å²) in [4.78, 5) is 28.8. The van der Waals surface area contributed by atoms with Crippen molar-refractivity contribution >= 4 is 12.0 Å². The molecular weight excluding hydrogens is 328 g/mol. The summed E-state index contributed by atoms with van der Waals surface area (Å²) >= 11 is 0. The third kappa shape index (κ3) is 4.42. The van der Waals surface area contributed by atoms with Gasteiger partial charge in [-0.1, -0.05) is 60.7 Å². The van der Waals surface area contributed by atoms with Crippen molar-refractivity contribution in [2.24, 2.45) is 5.92 Å². The third-order valence-corrected chi connectivity index (χ3v) is 4.48. The molecule has 0 aliphatic carbocycles. The molecule has 0 spiro atoms. The lowest BCUT2D eigenvalue weighted by molar-refractivity contribution is -0.150. The van der Waals surface area contributed by atoms with E-state index in [9.17, 15) is 9.59 Å². The number of carbonyl (C=O) groups excluding carboxylic acids is 2. The Hall–Kier alpha value is -2.82. The average Bonchev–Trinajstić information content (AvgIpc) is 2.66. The summed E-state index contributed by atoms with van der Waals surface area (Å²) in [5.41, 5.74) is 2.09. The predicted molar refractivity (Wildman–Crippen MR) is 99.2 cm³/mol. The summed E-state index contributed by atoms with van der Waals surface area (Å²) < 4.78 is 5.21. The SMILES string of the molecule is CCOC(=O)C1CN(Cc2ccccc2)C(=O)N(Cc2ccccc2)C1. The minimum Gasteiger partial charge on any atom is -0.466 e. The number of rotatable bonds is 6. The largest absolute Gasteiger partial charge is 0.466 e. The Morgan fingerprint density at radius 1 is 0.923 bits per heavy atom. The standard InChI is InChI=1S/C21H24N2O3/c1-2-26-20(24)19-15-22(13-17-9-5-3-6-10-17)21(25)23(16-19)14-18-11-7-4-8-12-18/h3-12,19H,2,13-16H2,1H3. The summed E-state index contributed by atoms with van der Waals surface area (Å²) in [7, 11) is 0. The van der Waals surface area contributed by atoms with Gasteiger partial charge in [0.05, 0.1) is 12.5 Å². The highest BCUT2D eigenvalue weighted by atomic mass is 16.5. The first kappa shape index (κ1) is 18.0. The number of ether oxygens (including phenoxy) is 1. The molecule has 1 fully saturated rings. The normalized spacial score (nSPS) is 15.2. The summed E-state index contributed by atoms with van der Waals surface area (Å²) in [6.45, 7) is 3.90. The minimum absolute atomic E-state index is 0.0433. The third-order valence-electron chi connectivity index (χ3n) is 4.48. The Labute approximate surface area is 154 Å². The summed E-state index contributed by atoms with van der Waals surface area (Å²) in [5, 5.41) is 0. The molecule has 3 rings (SSSR count). The maximum Gasteiger partial charge on any atom is 0.320 e. The van der Waals surface area contributed by atoms with Crippen LogP contribution < -0.4 is 0 Å². The van der Waals surface area contributed by atoms with E-state index in [-0.39, 0.29) is 17.9 Å². The topological polar surface area (TPSA) is 49.9 Å². The van der Waals surface area contributed by atoms with Gasteiger partial charge in [0.2, 0.25) is 0 Å². The van der Waals surface area contributed by atoms with Gasteiger partial charge in [-0.05, 0) is 18.1 Å². The van der Waals surface area contributed by atoms with E-state index in [1.807, 2.05) is 60.7 Å². The zero-order valence-corrected chi connectivity index (χ0v) is 15.0. The van der Waals surface area contributed by atoms with Crippen LogP contribution in [0.2, 0.25) is 0 Å². The highest BCUT2D eigenvalue weighted by Gasteiger charge is 2.36. The second kappa shape index (κ2) is 8.52. The molecule has 1 heterocycles. The number of nitrogens with zero attached hydrogens (tertiary/aromatic N) is 2. The van der Waals surface area contributed by atoms with Crippen LogP contribution in [0.25, 0.3) is 0 Å². The van der Waals surface area contributed by atoms with Crippen LogP contribution >= 0.6 is 0 Å². The fourth-order valence-electron chi connectivity index (χ4n) is 3.23. The van der Waals surface area contributed by atoms with Crippen LogP contribution in [0.3, 0.4) is 0 Å². The van der Waals surface area contributed by atoms with Crippen molar-refractivity contribution in [3.63, 3.8) is 0 Å². The number of hydrogen-bond donors (Lipinski definition) is 0. The van der Waals surface area contributed by atoms with Gasteiger partial charge in [0.1, 0.15) is 0 Å². The molecule has 5 nitrogen and oxygen atoms in total. The van der Waals surface area contributed by atoms with E-state index in [0.717, 1.165) is 11.1 Å². The van der Waals surface area contributed by atoms with Crippen molar-refractivity contribution in [3.05, 3.63) is 71.8 Å². The molecule has 1 aliphatic heterocycles. The molecule has 2 aromatic rings. The molecular formula is C21H24N2O3. The van der Waals surface area contributed by atoms with Crippen LogP contribution in [0.5, 0.6) is 0 Å². The van der Waals surface area contributed by atoms with Gasteiger partial charge in [-0.3, -0.25) is 4.79 Å². The molecule has 0 bridgehead atoms. The van der Waals surface area contributed by atoms with Crippen LogP contribution in [-0.4, -0.2) is 41.5 Å². The maximum absolute atomic E-state index is 13.0. The Bertz CT molecular complexity index is 680. The average molecular weight is 352 g/mol. The fourth-order valence-corrected chi connectivity index (χ4v) is 3.23. The van der Waals surface area contributed by atoms with Gasteiger partial charge in [-0.2, -0.15) is 0 Å². The second-order valence-corrected chi connectivity index (χ2v) is 6.46. The number of amides is 2. The smallest absolute Gasteiger partial charge is 0.320 e. The molecule has 26 heavy (non-hydrogen) atoms. The lowest BCUT2D eigenvalue weighted by Gasteiger charge is -2.39. The molecule has 0 N–H and O–H groups in total. The van der Waals surface area contributed by atoms with Crippen LogP contribution in [0.4, 0.5) is 4.79 Å². The Balaban J connectivity index is 1.78. The van der Waals surface area contributed by atoms with E-state index in [1.54, 1.807) is 16.7 Å². The van der Waals surface area contributed by atoms with Crippen molar-refractivity contribution in [1.29, 1.82) is 0 Å². The number of hydrogen-bond acceptors (Lipinski definition) is 3. The predicted octanol–water partition coefficient (Wildman–Crippen LogP) is 3.30. The highest BCUT2D eigenvalue weighted by molar-refractivity contribution is 5.80. The summed E-state index contributed by atoms with van der Waals surface area (Å²) in [6, 6.07) is 19.6. The fraction of sp³-hybridized carbons (Fsp3) is 0.333. The number of esters is 1. The van der Waals surface area contributed by atoms with Crippen molar-refractivity contribution in [1.82, 2.24) is 9.80 Å². The number of benzene rings is 2. The lowest BCUT2D eigenvalue weighted by atomic mass is 10.0. The highest BCUT2D eigenvalue weighted by Crippen LogP contribution is 2.21. The molecule has 0 atom stereocenters. The van der Waals surface area contributed by atoms with Crippen LogP contribution in [-0.2, 0) is 22.6 Å². The minimum atomic E-state index is -0.333. The first-order valence-electron chi connectivity index (χ1n) is 8.95. The van der Waals surface area contributed by atoms with E-state index < -0.39 is 0 Å². The van der Waals surface area contributed by atoms with Crippen molar-refractivity contribution < 1.29 is 14.3 Å². The van der Waals surface area contributed by atoms with Crippen molar-refractivity contribution in [3.8, 4) is 0 Å². The van der Waals surface area contributed by atoms with Gasteiger partial charge in [-0.15, -0.1) is 0 Å². The van der Waals surface area contributed by atoms with Gasteiger partial charge in [-0.25, -0.2) is 4.79 Å². The Morgan fingerprint density at radius 3 is 1.81 bits per heavy atom. The van der Waals surface area contributed by atoms with Crippen LogP contribution in [0.1, 0.15) is 18.1 Å². The van der Waals surface area contributed by atoms with Gasteiger partial charge in [0, 0.05) is 26.2 Å². The van der Waals surface area contributed by atoms with Crippen LogP contribution in [0.15, 0.2) is 60.7 Å². The molecule has 0 unspecified atom stereocenters. The maximum atomic E-state index is 13.0. The summed E-state index contributed by atoms with van der Waals surface area (Å²) in [5.74, 6) is -0.573. The number of urea groups is 1. The second-order valence-electron chi connectivity index (χ2n) is 6.46. The van der Waals surface area contributed by atoms with Gasteiger partial charge < -0.3 is 14.5 Å². The van der Waals surface area contributed by atoms with Crippen LogP contribution in [0, 0.1) is 5.92 Å². The lowest BCUT2D eigenvalue weighted by Crippen LogP contribution is -2.54. The van der Waals surface area contributed by atoms with E-state index >= 15 is 0 Å². The monoisotopic (exact) mass is 352 g/mol. The quantitative estimate of drug-likeness (QED) is 0.750. The molecule has 1 aliphatic rings. The molecule has 0 radical (unpaired) electrons. The molecule has 0 saturated carbocycles. The van der Waals surface area contributed by atoms with Gasteiger partial charge >= 0.3 is 12.0 Å². The molecule has 1 saturated heterocycles.